The molecule has 2 aromatic rings. The summed E-state index contributed by atoms with van der Waals surface area (Å²) in [6.07, 6.45) is 0.892. The first-order valence-electron chi connectivity index (χ1n) is 9.13. The molecule has 0 saturated carbocycles. The van der Waals surface area contributed by atoms with Gasteiger partial charge in [-0.15, -0.1) is 0 Å². The predicted octanol–water partition coefficient (Wildman–Crippen LogP) is 2.17. The molecule has 0 saturated heterocycles. The fourth-order valence-electron chi connectivity index (χ4n) is 2.60. The number of aliphatic imine (C=N–C) groups is 1. The lowest BCUT2D eigenvalue weighted by atomic mass is 10.1. The summed E-state index contributed by atoms with van der Waals surface area (Å²) >= 11 is 0. The number of guanidine groups is 1. The normalized spacial score (nSPS) is 13.2. The van der Waals surface area contributed by atoms with E-state index < -0.39 is 10.0 Å². The Labute approximate surface area is 167 Å². The summed E-state index contributed by atoms with van der Waals surface area (Å²) < 4.78 is 28.7. The average molecular weight is 405 g/mol. The lowest BCUT2D eigenvalue weighted by molar-refractivity contribution is 0.0646. The zero-order valence-corrected chi connectivity index (χ0v) is 17.1. The van der Waals surface area contributed by atoms with Crippen molar-refractivity contribution in [3.05, 3.63) is 65.7 Å². The number of hydrogen-bond donors (Lipinski definition) is 3. The van der Waals surface area contributed by atoms with Gasteiger partial charge in [-0.2, -0.15) is 0 Å². The first-order chi connectivity index (χ1) is 13.4. The first kappa shape index (κ1) is 21.9. The molecule has 0 aliphatic carbocycles. The fraction of sp³-hybridized carbons (Fsp3) is 0.350. The molecule has 0 radical (unpaired) electrons. The van der Waals surface area contributed by atoms with E-state index in [1.54, 1.807) is 19.2 Å². The Morgan fingerprint density at radius 2 is 1.89 bits per heavy atom. The Morgan fingerprint density at radius 1 is 1.14 bits per heavy atom. The van der Waals surface area contributed by atoms with Crippen molar-refractivity contribution in [2.24, 2.45) is 10.1 Å². The monoisotopic (exact) mass is 404 g/mol. The van der Waals surface area contributed by atoms with Crippen LogP contribution in [0.25, 0.3) is 0 Å². The van der Waals surface area contributed by atoms with Crippen LogP contribution in [0.2, 0.25) is 0 Å². The molecule has 2 aromatic carbocycles. The summed E-state index contributed by atoms with van der Waals surface area (Å²) in [5.41, 5.74) is 1.96. The van der Waals surface area contributed by atoms with E-state index in [4.69, 9.17) is 9.88 Å². The lowest BCUT2D eigenvalue weighted by Crippen LogP contribution is -2.37. The second-order valence-electron chi connectivity index (χ2n) is 6.32. The quantitative estimate of drug-likeness (QED) is 0.337. The average Bonchev–Trinajstić information content (AvgIpc) is 2.70. The number of rotatable bonds is 9. The van der Waals surface area contributed by atoms with Gasteiger partial charge in [-0.25, -0.2) is 13.6 Å². The molecule has 0 fully saturated rings. The number of hydrogen-bond acceptors (Lipinski definition) is 4. The third-order valence-corrected chi connectivity index (χ3v) is 5.07. The number of sulfonamides is 1. The van der Waals surface area contributed by atoms with E-state index in [9.17, 15) is 8.42 Å². The zero-order valence-electron chi connectivity index (χ0n) is 16.3. The number of nitrogens with one attached hydrogen (secondary N) is 2. The summed E-state index contributed by atoms with van der Waals surface area (Å²) in [5.74, 6) is 0.636. The zero-order chi connectivity index (χ0) is 20.4. The Morgan fingerprint density at radius 3 is 2.57 bits per heavy atom. The van der Waals surface area contributed by atoms with Crippen LogP contribution in [0.5, 0.6) is 0 Å². The van der Waals surface area contributed by atoms with Crippen molar-refractivity contribution in [2.45, 2.75) is 30.9 Å². The molecular formula is C20H28N4O3S. The molecule has 0 aliphatic rings. The van der Waals surface area contributed by atoms with Crippen LogP contribution >= 0.6 is 0 Å². The molecule has 28 heavy (non-hydrogen) atoms. The topological polar surface area (TPSA) is 106 Å². The van der Waals surface area contributed by atoms with Crippen LogP contribution < -0.4 is 15.8 Å². The fourth-order valence-corrected chi connectivity index (χ4v) is 3.18. The minimum Gasteiger partial charge on any atom is -0.374 e. The van der Waals surface area contributed by atoms with Gasteiger partial charge in [0.05, 0.1) is 11.0 Å². The van der Waals surface area contributed by atoms with Crippen molar-refractivity contribution in [3.63, 3.8) is 0 Å². The van der Waals surface area contributed by atoms with Crippen LogP contribution in [0.15, 0.2) is 64.5 Å². The van der Waals surface area contributed by atoms with Gasteiger partial charge in [0.15, 0.2) is 5.96 Å². The number of ether oxygens (including phenoxy) is 1. The largest absolute Gasteiger partial charge is 0.374 e. The highest BCUT2D eigenvalue weighted by atomic mass is 32.2. The highest BCUT2D eigenvalue weighted by molar-refractivity contribution is 7.89. The summed E-state index contributed by atoms with van der Waals surface area (Å²) in [7, 11) is -2.02. The van der Waals surface area contributed by atoms with E-state index in [2.05, 4.69) is 27.8 Å². The summed E-state index contributed by atoms with van der Waals surface area (Å²) in [5, 5.41) is 11.5. The number of nitrogens with zero attached hydrogens (tertiary/aromatic N) is 1. The summed E-state index contributed by atoms with van der Waals surface area (Å²) in [6.45, 7) is 3.82. The first-order valence-corrected chi connectivity index (χ1v) is 10.7. The van der Waals surface area contributed by atoms with E-state index in [1.807, 2.05) is 31.2 Å². The van der Waals surface area contributed by atoms with Crippen LogP contribution in [-0.4, -0.2) is 34.6 Å². The van der Waals surface area contributed by atoms with Gasteiger partial charge in [-0.1, -0.05) is 42.5 Å². The maximum absolute atomic E-state index is 11.4. The van der Waals surface area contributed by atoms with Gasteiger partial charge in [-0.05, 0) is 36.6 Å². The molecule has 4 N–H and O–H groups in total. The highest BCUT2D eigenvalue weighted by Crippen LogP contribution is 2.15. The molecule has 0 aromatic heterocycles. The van der Waals surface area contributed by atoms with Gasteiger partial charge in [-0.3, -0.25) is 4.99 Å². The molecule has 0 heterocycles. The maximum atomic E-state index is 11.4. The van der Waals surface area contributed by atoms with E-state index in [0.717, 1.165) is 17.5 Å². The predicted molar refractivity (Wildman–Crippen MR) is 111 cm³/mol. The number of primary sulfonamides is 1. The Bertz CT molecular complexity index is 870. The van der Waals surface area contributed by atoms with Gasteiger partial charge in [0, 0.05) is 26.7 Å². The smallest absolute Gasteiger partial charge is 0.238 e. The Balaban J connectivity index is 1.71. The Hall–Kier alpha value is -2.42. The molecule has 8 heteroatoms. The third-order valence-electron chi connectivity index (χ3n) is 4.16. The molecule has 1 atom stereocenters. The van der Waals surface area contributed by atoms with Crippen LogP contribution in [0.3, 0.4) is 0 Å². The van der Waals surface area contributed by atoms with E-state index in [0.29, 0.717) is 25.7 Å². The molecule has 1 unspecified atom stereocenters. The lowest BCUT2D eigenvalue weighted by Gasteiger charge is -2.15. The second-order valence-corrected chi connectivity index (χ2v) is 7.88. The SMILES string of the molecule is CN=C(NCCCOC(C)c1ccccc1)NCc1cccc(S(N)(=O)=O)c1. The molecule has 0 amide bonds. The number of nitrogens with two attached hydrogens (primary N) is 1. The Kier molecular flexibility index (Phi) is 8.43. The third kappa shape index (κ3) is 7.30. The van der Waals surface area contributed by atoms with Crippen LogP contribution in [0, 0.1) is 0 Å². The molecule has 0 spiro atoms. The minimum atomic E-state index is -3.70. The molecule has 2 rings (SSSR count). The van der Waals surface area contributed by atoms with E-state index in [-0.39, 0.29) is 11.0 Å². The van der Waals surface area contributed by atoms with Crippen molar-refractivity contribution in [1.29, 1.82) is 0 Å². The minimum absolute atomic E-state index is 0.0599. The maximum Gasteiger partial charge on any atom is 0.238 e. The van der Waals surface area contributed by atoms with E-state index >= 15 is 0 Å². The summed E-state index contributed by atoms with van der Waals surface area (Å²) in [6, 6.07) is 16.6. The standard InChI is InChI=1S/C20H28N4O3S/c1-16(18-9-4-3-5-10-18)27-13-7-12-23-20(22-2)24-15-17-8-6-11-19(14-17)28(21,25)26/h3-6,8-11,14,16H,7,12-13,15H2,1-2H3,(H2,21,25,26)(H2,22,23,24). The van der Waals surface area contributed by atoms with Gasteiger partial charge >= 0.3 is 0 Å². The second kappa shape index (κ2) is 10.8. The van der Waals surface area contributed by atoms with E-state index in [1.165, 1.54) is 6.07 Å². The van der Waals surface area contributed by atoms with Crippen LogP contribution in [-0.2, 0) is 21.3 Å². The van der Waals surface area contributed by atoms with Gasteiger partial charge in [0.2, 0.25) is 10.0 Å². The van der Waals surface area contributed by atoms with Gasteiger partial charge in [0.25, 0.3) is 0 Å². The molecule has 7 nitrogen and oxygen atoms in total. The van der Waals surface area contributed by atoms with Crippen molar-refractivity contribution in [3.8, 4) is 0 Å². The molecule has 0 bridgehead atoms. The summed E-state index contributed by atoms with van der Waals surface area (Å²) in [4.78, 5) is 4.26. The molecular weight excluding hydrogens is 376 g/mol. The molecule has 152 valence electrons. The van der Waals surface area contributed by atoms with Gasteiger partial charge < -0.3 is 15.4 Å². The van der Waals surface area contributed by atoms with Crippen LogP contribution in [0.1, 0.15) is 30.6 Å². The van der Waals surface area contributed by atoms with Crippen molar-refractivity contribution in [1.82, 2.24) is 10.6 Å². The van der Waals surface area contributed by atoms with Crippen molar-refractivity contribution >= 4 is 16.0 Å². The van der Waals surface area contributed by atoms with Crippen molar-refractivity contribution < 1.29 is 13.2 Å². The highest BCUT2D eigenvalue weighted by Gasteiger charge is 2.08. The number of benzene rings is 2. The molecule has 0 aliphatic heterocycles. The van der Waals surface area contributed by atoms with Crippen LogP contribution in [0.4, 0.5) is 0 Å². The van der Waals surface area contributed by atoms with Gasteiger partial charge in [0.1, 0.15) is 0 Å². The van der Waals surface area contributed by atoms with Crippen molar-refractivity contribution in [2.75, 3.05) is 20.2 Å².